The van der Waals surface area contributed by atoms with Gasteiger partial charge < -0.3 is 0 Å². The maximum absolute atomic E-state index is 13.9. The standard InChI is InChI=1S/C20H20F4/c1-3-4-5-15-7-9-16(10-8-15)11-13-17-12-6-14(2)19(21)18(17)20(22,23)24/h3,6-10,12H,1,4-5,11,13H2,2H3. The van der Waals surface area contributed by atoms with E-state index >= 15 is 0 Å². The summed E-state index contributed by atoms with van der Waals surface area (Å²) in [4.78, 5) is 0. The molecule has 0 unspecified atom stereocenters. The van der Waals surface area contributed by atoms with Crippen LogP contribution in [0.4, 0.5) is 17.6 Å². The zero-order valence-electron chi connectivity index (χ0n) is 13.6. The molecule has 0 aliphatic heterocycles. The Hall–Kier alpha value is -2.10. The highest BCUT2D eigenvalue weighted by Crippen LogP contribution is 2.35. The number of halogens is 4. The van der Waals surface area contributed by atoms with E-state index in [0.29, 0.717) is 6.42 Å². The molecule has 0 aliphatic carbocycles. The number of allylic oxidation sites excluding steroid dienone is 1. The topological polar surface area (TPSA) is 0 Å². The highest BCUT2D eigenvalue weighted by Gasteiger charge is 2.37. The summed E-state index contributed by atoms with van der Waals surface area (Å²) >= 11 is 0. The van der Waals surface area contributed by atoms with Gasteiger partial charge in [-0.05, 0) is 54.9 Å². The maximum Gasteiger partial charge on any atom is 0.419 e. The number of benzene rings is 2. The minimum absolute atomic E-state index is 0.00124. The van der Waals surface area contributed by atoms with Gasteiger partial charge in [0.2, 0.25) is 0 Å². The molecule has 0 spiro atoms. The molecule has 0 N–H and O–H groups in total. The van der Waals surface area contributed by atoms with Crippen LogP contribution in [0.3, 0.4) is 0 Å². The number of aryl methyl sites for hydroxylation is 4. The Balaban J connectivity index is 2.15. The smallest absolute Gasteiger partial charge is 0.206 e. The van der Waals surface area contributed by atoms with E-state index in [4.69, 9.17) is 0 Å². The second-order valence-corrected chi connectivity index (χ2v) is 5.87. The van der Waals surface area contributed by atoms with Crippen molar-refractivity contribution in [3.05, 3.63) is 82.7 Å². The van der Waals surface area contributed by atoms with Crippen LogP contribution in [0.15, 0.2) is 49.1 Å². The summed E-state index contributed by atoms with van der Waals surface area (Å²) in [6.45, 7) is 5.02. The molecule has 0 aliphatic rings. The van der Waals surface area contributed by atoms with Crippen molar-refractivity contribution >= 4 is 0 Å². The highest BCUT2D eigenvalue weighted by molar-refractivity contribution is 5.36. The Kier molecular flexibility index (Phi) is 5.81. The van der Waals surface area contributed by atoms with Crippen LogP contribution in [0.5, 0.6) is 0 Å². The van der Waals surface area contributed by atoms with Crippen LogP contribution in [0.25, 0.3) is 0 Å². The van der Waals surface area contributed by atoms with Crippen molar-refractivity contribution in [1.29, 1.82) is 0 Å². The van der Waals surface area contributed by atoms with Gasteiger partial charge >= 0.3 is 6.18 Å². The molecular formula is C20H20F4. The predicted molar refractivity (Wildman–Crippen MR) is 88.5 cm³/mol. The molecule has 0 fully saturated rings. The lowest BCUT2D eigenvalue weighted by molar-refractivity contribution is -0.140. The first-order valence-electron chi connectivity index (χ1n) is 7.87. The first-order chi connectivity index (χ1) is 11.3. The van der Waals surface area contributed by atoms with Crippen molar-refractivity contribution in [2.45, 2.75) is 38.8 Å². The largest absolute Gasteiger partial charge is 0.419 e. The van der Waals surface area contributed by atoms with Crippen LogP contribution >= 0.6 is 0 Å². The molecule has 128 valence electrons. The number of hydrogen-bond donors (Lipinski definition) is 0. The molecule has 0 atom stereocenters. The molecule has 0 bridgehead atoms. The lowest BCUT2D eigenvalue weighted by Gasteiger charge is -2.15. The molecule has 0 heterocycles. The lowest BCUT2D eigenvalue weighted by atomic mass is 9.96. The SMILES string of the molecule is C=CCCc1ccc(CCc2ccc(C)c(F)c2C(F)(F)F)cc1. The second-order valence-electron chi connectivity index (χ2n) is 5.87. The van der Waals surface area contributed by atoms with E-state index in [1.54, 1.807) is 0 Å². The van der Waals surface area contributed by atoms with Gasteiger partial charge in [-0.15, -0.1) is 6.58 Å². The Labute approximate surface area is 139 Å². The third-order valence-corrected chi connectivity index (χ3v) is 4.05. The van der Waals surface area contributed by atoms with Gasteiger partial charge in [-0.3, -0.25) is 0 Å². The van der Waals surface area contributed by atoms with E-state index < -0.39 is 17.6 Å². The summed E-state index contributed by atoms with van der Waals surface area (Å²) < 4.78 is 53.3. The molecule has 0 aromatic heterocycles. The molecule has 0 amide bonds. The average Bonchev–Trinajstić information content (AvgIpc) is 2.53. The molecule has 0 saturated carbocycles. The second kappa shape index (κ2) is 7.65. The summed E-state index contributed by atoms with van der Waals surface area (Å²) in [6, 6.07) is 10.5. The molecular weight excluding hydrogens is 316 g/mol. The third kappa shape index (κ3) is 4.47. The molecule has 4 heteroatoms. The number of rotatable bonds is 6. The minimum atomic E-state index is -4.68. The third-order valence-electron chi connectivity index (χ3n) is 4.05. The van der Waals surface area contributed by atoms with Crippen LogP contribution < -0.4 is 0 Å². The minimum Gasteiger partial charge on any atom is -0.206 e. The molecule has 0 saturated heterocycles. The quantitative estimate of drug-likeness (QED) is 0.444. The first kappa shape index (κ1) is 18.2. The molecule has 2 aromatic carbocycles. The van der Waals surface area contributed by atoms with E-state index in [0.717, 1.165) is 24.0 Å². The average molecular weight is 336 g/mol. The lowest BCUT2D eigenvalue weighted by Crippen LogP contribution is -2.14. The van der Waals surface area contributed by atoms with Gasteiger partial charge in [-0.1, -0.05) is 42.5 Å². The highest BCUT2D eigenvalue weighted by atomic mass is 19.4. The molecule has 0 radical (unpaired) electrons. The van der Waals surface area contributed by atoms with Crippen molar-refractivity contribution in [3.63, 3.8) is 0 Å². The Bertz CT molecular complexity index is 697. The van der Waals surface area contributed by atoms with Gasteiger partial charge in [0, 0.05) is 0 Å². The fourth-order valence-corrected chi connectivity index (χ4v) is 2.66. The zero-order valence-corrected chi connectivity index (χ0v) is 13.6. The van der Waals surface area contributed by atoms with Crippen molar-refractivity contribution in [2.24, 2.45) is 0 Å². The van der Waals surface area contributed by atoms with E-state index in [9.17, 15) is 17.6 Å². The van der Waals surface area contributed by atoms with Crippen LogP contribution in [0, 0.1) is 12.7 Å². The van der Waals surface area contributed by atoms with Gasteiger partial charge in [0.05, 0.1) is 5.56 Å². The number of alkyl halides is 3. The van der Waals surface area contributed by atoms with Gasteiger partial charge in [-0.25, -0.2) is 4.39 Å². The van der Waals surface area contributed by atoms with Crippen LogP contribution in [0.1, 0.15) is 34.2 Å². The Morgan fingerprint density at radius 1 is 0.917 bits per heavy atom. The predicted octanol–water partition coefficient (Wildman–Crippen LogP) is 6.06. The van der Waals surface area contributed by atoms with Crippen molar-refractivity contribution in [3.8, 4) is 0 Å². The van der Waals surface area contributed by atoms with Gasteiger partial charge in [0.1, 0.15) is 5.82 Å². The van der Waals surface area contributed by atoms with Crippen LogP contribution in [-0.4, -0.2) is 0 Å². The van der Waals surface area contributed by atoms with Crippen molar-refractivity contribution in [1.82, 2.24) is 0 Å². The molecule has 2 rings (SSSR count). The molecule has 24 heavy (non-hydrogen) atoms. The molecule has 0 nitrogen and oxygen atoms in total. The summed E-state index contributed by atoms with van der Waals surface area (Å²) in [6.07, 6.45) is -0.466. The maximum atomic E-state index is 13.9. The van der Waals surface area contributed by atoms with E-state index in [1.165, 1.54) is 19.1 Å². The first-order valence-corrected chi connectivity index (χ1v) is 7.87. The fourth-order valence-electron chi connectivity index (χ4n) is 2.66. The van der Waals surface area contributed by atoms with E-state index in [1.807, 2.05) is 30.3 Å². The van der Waals surface area contributed by atoms with E-state index in [2.05, 4.69) is 6.58 Å². The fraction of sp³-hybridized carbons (Fsp3) is 0.300. The monoisotopic (exact) mass is 336 g/mol. The van der Waals surface area contributed by atoms with Gasteiger partial charge in [0.15, 0.2) is 0 Å². The van der Waals surface area contributed by atoms with Gasteiger partial charge in [-0.2, -0.15) is 13.2 Å². The summed E-state index contributed by atoms with van der Waals surface area (Å²) in [7, 11) is 0. The van der Waals surface area contributed by atoms with Crippen molar-refractivity contribution < 1.29 is 17.6 Å². The molecule has 2 aromatic rings. The van der Waals surface area contributed by atoms with Crippen LogP contribution in [-0.2, 0) is 25.4 Å². The summed E-state index contributed by atoms with van der Waals surface area (Å²) in [5, 5.41) is 0. The Morgan fingerprint density at radius 3 is 2.04 bits per heavy atom. The number of hydrogen-bond acceptors (Lipinski definition) is 0. The van der Waals surface area contributed by atoms with Crippen molar-refractivity contribution in [2.75, 3.05) is 0 Å². The normalized spacial score (nSPS) is 11.5. The zero-order chi connectivity index (χ0) is 17.7. The summed E-state index contributed by atoms with van der Waals surface area (Å²) in [5.74, 6) is -1.17. The van der Waals surface area contributed by atoms with Gasteiger partial charge in [0.25, 0.3) is 0 Å². The summed E-state index contributed by atoms with van der Waals surface area (Å²) in [5.41, 5.74) is 0.978. The van der Waals surface area contributed by atoms with E-state index in [-0.39, 0.29) is 17.5 Å². The Morgan fingerprint density at radius 2 is 1.50 bits per heavy atom. The van der Waals surface area contributed by atoms with Crippen LogP contribution in [0.2, 0.25) is 0 Å².